The van der Waals surface area contributed by atoms with Crippen LogP contribution in [0.2, 0.25) is 0 Å². The van der Waals surface area contributed by atoms with Gasteiger partial charge in [0.05, 0.1) is 19.3 Å². The third kappa shape index (κ3) is 3.49. The molecule has 2 aromatic carbocycles. The number of aromatic hydroxyl groups is 1. The van der Waals surface area contributed by atoms with Gasteiger partial charge < -0.3 is 20.3 Å². The second-order valence-electron chi connectivity index (χ2n) is 5.01. The average Bonchev–Trinajstić information content (AvgIpc) is 2.50. The summed E-state index contributed by atoms with van der Waals surface area (Å²) >= 11 is 3.39. The van der Waals surface area contributed by atoms with Gasteiger partial charge in [-0.15, -0.1) is 0 Å². The summed E-state index contributed by atoms with van der Waals surface area (Å²) < 4.78 is 6.12. The summed E-state index contributed by atoms with van der Waals surface area (Å²) in [5.41, 5.74) is 1.03. The molecule has 1 atom stereocenters. The van der Waals surface area contributed by atoms with Gasteiger partial charge in [-0.05, 0) is 48.9 Å². The number of phenolic OH excluding ortho intramolecular Hbond substituents is 1. The Morgan fingerprint density at radius 3 is 2.43 bits per heavy atom. The van der Waals surface area contributed by atoms with Crippen molar-refractivity contribution in [1.29, 1.82) is 0 Å². The van der Waals surface area contributed by atoms with Gasteiger partial charge in [-0.2, -0.15) is 0 Å². The lowest BCUT2D eigenvalue weighted by Gasteiger charge is -2.31. The molecule has 0 fully saturated rings. The predicted molar refractivity (Wildman–Crippen MR) is 86.9 cm³/mol. The van der Waals surface area contributed by atoms with E-state index in [-0.39, 0.29) is 12.4 Å². The number of aliphatic hydroxyl groups excluding tert-OH is 1. The average molecular weight is 352 g/mol. The molecule has 1 unspecified atom stereocenters. The molecule has 0 aromatic heterocycles. The van der Waals surface area contributed by atoms with Crippen molar-refractivity contribution >= 4 is 21.6 Å². The van der Waals surface area contributed by atoms with Crippen LogP contribution in [0, 0.1) is 0 Å². The molecule has 0 aliphatic carbocycles. The van der Waals surface area contributed by atoms with Crippen molar-refractivity contribution in [2.24, 2.45) is 0 Å². The molecular weight excluding hydrogens is 334 g/mol. The van der Waals surface area contributed by atoms with Crippen LogP contribution in [0.15, 0.2) is 46.9 Å². The Morgan fingerprint density at radius 1 is 1.19 bits per heavy atom. The molecule has 0 amide bonds. The molecule has 0 aliphatic heterocycles. The molecule has 112 valence electrons. The van der Waals surface area contributed by atoms with Crippen molar-refractivity contribution < 1.29 is 14.9 Å². The molecule has 0 radical (unpaired) electrons. The van der Waals surface area contributed by atoms with E-state index in [1.807, 2.05) is 31.2 Å². The van der Waals surface area contributed by atoms with Crippen LogP contribution >= 0.6 is 15.9 Å². The predicted octanol–water partition coefficient (Wildman–Crippen LogP) is 3.48. The summed E-state index contributed by atoms with van der Waals surface area (Å²) in [5.74, 6) is 0.454. The molecule has 0 aliphatic rings. The lowest BCUT2D eigenvalue weighted by atomic mass is 9.92. The molecule has 3 N–H and O–H groups in total. The van der Waals surface area contributed by atoms with Gasteiger partial charge in [0.2, 0.25) is 0 Å². The highest BCUT2D eigenvalue weighted by molar-refractivity contribution is 9.10. The van der Waals surface area contributed by atoms with E-state index in [0.29, 0.717) is 5.75 Å². The summed E-state index contributed by atoms with van der Waals surface area (Å²) in [4.78, 5) is 0. The van der Waals surface area contributed by atoms with Crippen LogP contribution in [0.3, 0.4) is 0 Å². The molecule has 0 spiro atoms. The number of halogens is 1. The van der Waals surface area contributed by atoms with Crippen molar-refractivity contribution in [1.82, 2.24) is 0 Å². The third-order valence-corrected chi connectivity index (χ3v) is 3.93. The highest BCUT2D eigenvalue weighted by atomic mass is 79.9. The number of aliphatic hydroxyl groups is 1. The first kappa shape index (κ1) is 15.7. The van der Waals surface area contributed by atoms with Gasteiger partial charge in [-0.25, -0.2) is 0 Å². The fraction of sp³-hybridized carbons (Fsp3) is 0.250. The van der Waals surface area contributed by atoms with E-state index in [2.05, 4.69) is 21.2 Å². The van der Waals surface area contributed by atoms with Gasteiger partial charge in [-0.3, -0.25) is 0 Å². The zero-order valence-electron chi connectivity index (χ0n) is 11.9. The van der Waals surface area contributed by atoms with Crippen LogP contribution in [-0.2, 0) is 5.54 Å². The van der Waals surface area contributed by atoms with Crippen LogP contribution in [-0.4, -0.2) is 23.9 Å². The van der Waals surface area contributed by atoms with Crippen LogP contribution in [0.5, 0.6) is 11.5 Å². The van der Waals surface area contributed by atoms with Gasteiger partial charge in [0.15, 0.2) is 11.5 Å². The quantitative estimate of drug-likeness (QED) is 0.771. The molecule has 0 saturated carbocycles. The minimum atomic E-state index is -0.686. The number of hydrogen-bond donors (Lipinski definition) is 3. The second kappa shape index (κ2) is 6.37. The summed E-state index contributed by atoms with van der Waals surface area (Å²) in [6, 6.07) is 12.8. The maximum Gasteiger partial charge on any atom is 0.160 e. The number of ether oxygens (including phenoxy) is 1. The number of phenols is 1. The van der Waals surface area contributed by atoms with E-state index in [0.717, 1.165) is 15.7 Å². The van der Waals surface area contributed by atoms with E-state index < -0.39 is 5.54 Å². The van der Waals surface area contributed by atoms with Gasteiger partial charge in [0.1, 0.15) is 0 Å². The first-order valence-corrected chi connectivity index (χ1v) is 7.30. The van der Waals surface area contributed by atoms with Crippen molar-refractivity contribution in [2.75, 3.05) is 19.0 Å². The van der Waals surface area contributed by atoms with E-state index in [1.54, 1.807) is 18.2 Å². The number of methoxy groups -OCH3 is 1. The summed E-state index contributed by atoms with van der Waals surface area (Å²) in [6.45, 7) is 1.79. The summed E-state index contributed by atoms with van der Waals surface area (Å²) in [6.07, 6.45) is 0. The molecule has 5 heteroatoms. The Kier molecular flexibility index (Phi) is 4.75. The Balaban J connectivity index is 2.34. The first-order chi connectivity index (χ1) is 9.98. The SMILES string of the molecule is COc1cc(C(C)(CO)Nc2ccc(Br)cc2)ccc1O. The monoisotopic (exact) mass is 351 g/mol. The Hall–Kier alpha value is -1.72. The zero-order chi connectivity index (χ0) is 15.5. The number of anilines is 1. The zero-order valence-corrected chi connectivity index (χ0v) is 13.5. The number of benzene rings is 2. The van der Waals surface area contributed by atoms with Gasteiger partial charge in [-0.1, -0.05) is 22.0 Å². The van der Waals surface area contributed by atoms with Crippen molar-refractivity contribution in [3.63, 3.8) is 0 Å². The smallest absolute Gasteiger partial charge is 0.160 e. The topological polar surface area (TPSA) is 61.7 Å². The molecule has 4 nitrogen and oxygen atoms in total. The van der Waals surface area contributed by atoms with Gasteiger partial charge in [0.25, 0.3) is 0 Å². The maximum absolute atomic E-state index is 9.81. The molecular formula is C16H18BrNO3. The molecule has 0 heterocycles. The van der Waals surface area contributed by atoms with Crippen LogP contribution in [0.1, 0.15) is 12.5 Å². The molecule has 0 saturated heterocycles. The summed E-state index contributed by atoms with van der Waals surface area (Å²) in [5, 5.41) is 22.8. The largest absolute Gasteiger partial charge is 0.504 e. The minimum Gasteiger partial charge on any atom is -0.504 e. The van der Waals surface area contributed by atoms with E-state index in [1.165, 1.54) is 7.11 Å². The summed E-state index contributed by atoms with van der Waals surface area (Å²) in [7, 11) is 1.50. The first-order valence-electron chi connectivity index (χ1n) is 6.50. The highest BCUT2D eigenvalue weighted by Gasteiger charge is 2.26. The van der Waals surface area contributed by atoms with Gasteiger partial charge in [0, 0.05) is 10.2 Å². The third-order valence-electron chi connectivity index (χ3n) is 3.40. The standard InChI is InChI=1S/C16H18BrNO3/c1-16(10-19,18-13-6-4-12(17)5-7-13)11-3-8-14(20)15(9-11)21-2/h3-9,18-20H,10H2,1-2H3. The molecule has 2 rings (SSSR count). The maximum atomic E-state index is 9.81. The van der Waals surface area contributed by atoms with Crippen molar-refractivity contribution in [3.8, 4) is 11.5 Å². The Morgan fingerprint density at radius 2 is 1.86 bits per heavy atom. The van der Waals surface area contributed by atoms with Crippen LogP contribution in [0.4, 0.5) is 5.69 Å². The molecule has 21 heavy (non-hydrogen) atoms. The van der Waals surface area contributed by atoms with E-state index in [4.69, 9.17) is 4.74 Å². The fourth-order valence-electron chi connectivity index (χ4n) is 2.08. The lowest BCUT2D eigenvalue weighted by molar-refractivity contribution is 0.223. The van der Waals surface area contributed by atoms with Gasteiger partial charge >= 0.3 is 0 Å². The van der Waals surface area contributed by atoms with Crippen LogP contribution in [0.25, 0.3) is 0 Å². The number of rotatable bonds is 5. The van der Waals surface area contributed by atoms with E-state index >= 15 is 0 Å². The normalized spacial score (nSPS) is 13.5. The number of hydrogen-bond acceptors (Lipinski definition) is 4. The Labute approximate surface area is 132 Å². The van der Waals surface area contributed by atoms with Crippen molar-refractivity contribution in [2.45, 2.75) is 12.5 Å². The van der Waals surface area contributed by atoms with E-state index in [9.17, 15) is 10.2 Å². The fourth-order valence-corrected chi connectivity index (χ4v) is 2.34. The molecule has 2 aromatic rings. The minimum absolute atomic E-state index is 0.0742. The Bertz CT molecular complexity index is 615. The lowest BCUT2D eigenvalue weighted by Crippen LogP contribution is -2.35. The second-order valence-corrected chi connectivity index (χ2v) is 5.92. The van der Waals surface area contributed by atoms with Crippen molar-refractivity contribution in [3.05, 3.63) is 52.5 Å². The molecule has 0 bridgehead atoms. The van der Waals surface area contributed by atoms with Crippen LogP contribution < -0.4 is 10.1 Å². The number of nitrogens with one attached hydrogen (secondary N) is 1. The highest BCUT2D eigenvalue weighted by Crippen LogP contribution is 2.33.